The van der Waals surface area contributed by atoms with Crippen LogP contribution in [-0.2, 0) is 6.42 Å². The molecule has 0 aliphatic heterocycles. The van der Waals surface area contributed by atoms with Crippen molar-refractivity contribution in [1.29, 1.82) is 0 Å². The Kier molecular flexibility index (Phi) is 4.75. The van der Waals surface area contributed by atoms with E-state index in [0.29, 0.717) is 12.3 Å². The SMILES string of the molecule is CCc1ccc(C(=O)NCC(N)(CC)CC)o1. The number of rotatable bonds is 6. The number of carbonyl (C=O) groups excluding carboxylic acids is 1. The van der Waals surface area contributed by atoms with E-state index in [9.17, 15) is 4.79 Å². The topological polar surface area (TPSA) is 68.3 Å². The average Bonchev–Trinajstić information content (AvgIpc) is 2.84. The summed E-state index contributed by atoms with van der Waals surface area (Å²) in [5.41, 5.74) is 5.79. The lowest BCUT2D eigenvalue weighted by Crippen LogP contribution is -2.49. The molecule has 1 rings (SSSR count). The highest BCUT2D eigenvalue weighted by Crippen LogP contribution is 2.11. The Hall–Kier alpha value is -1.29. The molecule has 0 spiro atoms. The lowest BCUT2D eigenvalue weighted by molar-refractivity contribution is 0.0912. The van der Waals surface area contributed by atoms with Crippen molar-refractivity contribution in [1.82, 2.24) is 5.32 Å². The molecule has 0 unspecified atom stereocenters. The first-order valence-corrected chi connectivity index (χ1v) is 6.20. The summed E-state index contributed by atoms with van der Waals surface area (Å²) in [6, 6.07) is 3.52. The van der Waals surface area contributed by atoms with Crippen molar-refractivity contribution in [3.05, 3.63) is 23.7 Å². The van der Waals surface area contributed by atoms with E-state index < -0.39 is 0 Å². The van der Waals surface area contributed by atoms with Gasteiger partial charge in [0.2, 0.25) is 0 Å². The lowest BCUT2D eigenvalue weighted by Gasteiger charge is -2.26. The fourth-order valence-corrected chi connectivity index (χ4v) is 1.53. The van der Waals surface area contributed by atoms with Gasteiger partial charge in [-0.25, -0.2) is 0 Å². The van der Waals surface area contributed by atoms with E-state index in [0.717, 1.165) is 25.0 Å². The van der Waals surface area contributed by atoms with Crippen LogP contribution in [0.25, 0.3) is 0 Å². The molecule has 1 amide bonds. The Balaban J connectivity index is 2.55. The summed E-state index contributed by atoms with van der Waals surface area (Å²) in [5, 5.41) is 2.82. The van der Waals surface area contributed by atoms with Crippen molar-refractivity contribution in [2.24, 2.45) is 5.73 Å². The minimum absolute atomic E-state index is 0.193. The van der Waals surface area contributed by atoms with Crippen LogP contribution in [0.1, 0.15) is 49.9 Å². The van der Waals surface area contributed by atoms with Gasteiger partial charge in [0.15, 0.2) is 5.76 Å². The molecule has 0 atom stereocenters. The summed E-state index contributed by atoms with van der Waals surface area (Å²) < 4.78 is 5.37. The van der Waals surface area contributed by atoms with Crippen LogP contribution in [0.15, 0.2) is 16.5 Å². The fourth-order valence-electron chi connectivity index (χ4n) is 1.53. The largest absolute Gasteiger partial charge is 0.456 e. The summed E-state index contributed by atoms with van der Waals surface area (Å²) in [6.45, 7) is 6.51. The van der Waals surface area contributed by atoms with Crippen LogP contribution >= 0.6 is 0 Å². The molecule has 0 bridgehead atoms. The van der Waals surface area contributed by atoms with E-state index >= 15 is 0 Å². The van der Waals surface area contributed by atoms with Crippen molar-refractivity contribution in [2.75, 3.05) is 6.54 Å². The van der Waals surface area contributed by atoms with Crippen LogP contribution in [0, 0.1) is 0 Å². The number of aryl methyl sites for hydroxylation is 1. The molecule has 0 saturated heterocycles. The third-order valence-corrected chi connectivity index (χ3v) is 3.24. The second kappa shape index (κ2) is 5.87. The second-order valence-corrected chi connectivity index (χ2v) is 4.37. The van der Waals surface area contributed by atoms with E-state index in [1.54, 1.807) is 6.07 Å². The minimum Gasteiger partial charge on any atom is -0.456 e. The van der Waals surface area contributed by atoms with E-state index in [4.69, 9.17) is 10.2 Å². The standard InChI is InChI=1S/C13H22N2O2/c1-4-10-7-8-11(17-10)12(16)15-9-13(14,5-2)6-3/h7-8H,4-6,9,14H2,1-3H3,(H,15,16). The quantitative estimate of drug-likeness (QED) is 0.797. The molecule has 0 radical (unpaired) electrons. The molecular formula is C13H22N2O2. The molecule has 0 aliphatic carbocycles. The van der Waals surface area contributed by atoms with E-state index in [2.05, 4.69) is 5.32 Å². The average molecular weight is 238 g/mol. The Labute approximate surface area is 103 Å². The van der Waals surface area contributed by atoms with E-state index in [1.165, 1.54) is 0 Å². The minimum atomic E-state index is -0.324. The van der Waals surface area contributed by atoms with Gasteiger partial charge >= 0.3 is 0 Å². The maximum Gasteiger partial charge on any atom is 0.287 e. The smallest absolute Gasteiger partial charge is 0.287 e. The highest BCUT2D eigenvalue weighted by Gasteiger charge is 2.22. The first-order valence-electron chi connectivity index (χ1n) is 6.20. The highest BCUT2D eigenvalue weighted by atomic mass is 16.3. The van der Waals surface area contributed by atoms with Crippen molar-refractivity contribution in [3.8, 4) is 0 Å². The molecule has 0 fully saturated rings. The predicted molar refractivity (Wildman–Crippen MR) is 67.9 cm³/mol. The molecular weight excluding hydrogens is 216 g/mol. The van der Waals surface area contributed by atoms with E-state index in [-0.39, 0.29) is 11.4 Å². The normalized spacial score (nSPS) is 11.5. The number of hydrogen-bond donors (Lipinski definition) is 2. The molecule has 0 aromatic carbocycles. The Bertz CT molecular complexity index is 367. The monoisotopic (exact) mass is 238 g/mol. The number of amides is 1. The van der Waals surface area contributed by atoms with Crippen molar-refractivity contribution in [2.45, 2.75) is 45.6 Å². The van der Waals surface area contributed by atoms with Gasteiger partial charge in [-0.1, -0.05) is 20.8 Å². The van der Waals surface area contributed by atoms with Gasteiger partial charge in [0.25, 0.3) is 5.91 Å². The van der Waals surface area contributed by atoms with Gasteiger partial charge in [-0.05, 0) is 25.0 Å². The van der Waals surface area contributed by atoms with Crippen LogP contribution in [-0.4, -0.2) is 18.0 Å². The Morgan fingerprint density at radius 1 is 1.35 bits per heavy atom. The summed E-state index contributed by atoms with van der Waals surface area (Å²) in [6.07, 6.45) is 2.46. The third kappa shape index (κ3) is 3.60. The first-order chi connectivity index (χ1) is 8.04. The first kappa shape index (κ1) is 13.8. The van der Waals surface area contributed by atoms with Crippen molar-refractivity contribution < 1.29 is 9.21 Å². The number of hydrogen-bond acceptors (Lipinski definition) is 3. The van der Waals surface area contributed by atoms with Crippen LogP contribution < -0.4 is 11.1 Å². The summed E-state index contributed by atoms with van der Waals surface area (Å²) in [7, 11) is 0. The highest BCUT2D eigenvalue weighted by molar-refractivity contribution is 5.91. The predicted octanol–water partition coefficient (Wildman–Crippen LogP) is 2.09. The number of carbonyl (C=O) groups is 1. The van der Waals surface area contributed by atoms with Crippen molar-refractivity contribution >= 4 is 5.91 Å². The molecule has 4 nitrogen and oxygen atoms in total. The lowest BCUT2D eigenvalue weighted by atomic mass is 9.94. The summed E-state index contributed by atoms with van der Waals surface area (Å²) >= 11 is 0. The molecule has 1 heterocycles. The molecule has 1 aromatic rings. The van der Waals surface area contributed by atoms with Crippen LogP contribution in [0.3, 0.4) is 0 Å². The van der Waals surface area contributed by atoms with Gasteiger partial charge < -0.3 is 15.5 Å². The number of nitrogens with one attached hydrogen (secondary N) is 1. The molecule has 96 valence electrons. The van der Waals surface area contributed by atoms with Gasteiger partial charge in [0.1, 0.15) is 5.76 Å². The zero-order valence-corrected chi connectivity index (χ0v) is 10.9. The number of nitrogens with two attached hydrogens (primary N) is 1. The fraction of sp³-hybridized carbons (Fsp3) is 0.615. The molecule has 0 aliphatic rings. The molecule has 4 heteroatoms. The van der Waals surface area contributed by atoms with Crippen LogP contribution in [0.2, 0.25) is 0 Å². The molecule has 17 heavy (non-hydrogen) atoms. The van der Waals surface area contributed by atoms with Crippen molar-refractivity contribution in [3.63, 3.8) is 0 Å². The maximum atomic E-state index is 11.8. The van der Waals surface area contributed by atoms with Gasteiger partial charge in [-0.3, -0.25) is 4.79 Å². The number of furan rings is 1. The van der Waals surface area contributed by atoms with Gasteiger partial charge in [-0.2, -0.15) is 0 Å². The third-order valence-electron chi connectivity index (χ3n) is 3.24. The molecule has 1 aromatic heterocycles. The van der Waals surface area contributed by atoms with Crippen LogP contribution in [0.5, 0.6) is 0 Å². The maximum absolute atomic E-state index is 11.8. The zero-order valence-electron chi connectivity index (χ0n) is 10.9. The molecule has 0 saturated carbocycles. The Morgan fingerprint density at radius 3 is 2.47 bits per heavy atom. The Morgan fingerprint density at radius 2 is 2.00 bits per heavy atom. The van der Waals surface area contributed by atoms with Gasteiger partial charge in [-0.15, -0.1) is 0 Å². The summed E-state index contributed by atoms with van der Waals surface area (Å²) in [5.74, 6) is 0.984. The summed E-state index contributed by atoms with van der Waals surface area (Å²) in [4.78, 5) is 11.8. The van der Waals surface area contributed by atoms with Gasteiger partial charge in [0, 0.05) is 18.5 Å². The zero-order chi connectivity index (χ0) is 12.9. The molecule has 3 N–H and O–H groups in total. The van der Waals surface area contributed by atoms with Crippen LogP contribution in [0.4, 0.5) is 0 Å². The van der Waals surface area contributed by atoms with Gasteiger partial charge in [0.05, 0.1) is 0 Å². The van der Waals surface area contributed by atoms with E-state index in [1.807, 2.05) is 26.8 Å². The second-order valence-electron chi connectivity index (χ2n) is 4.37.